The second-order valence-electron chi connectivity index (χ2n) is 6.03. The maximum atomic E-state index is 12.6. The Morgan fingerprint density at radius 1 is 1.40 bits per heavy atom. The molecule has 0 aromatic carbocycles. The van der Waals surface area contributed by atoms with Crippen LogP contribution < -0.4 is 0 Å². The minimum atomic E-state index is 0.0144. The van der Waals surface area contributed by atoms with Gasteiger partial charge in [0, 0.05) is 31.9 Å². The summed E-state index contributed by atoms with van der Waals surface area (Å²) in [5, 5.41) is 4.37. The summed E-state index contributed by atoms with van der Waals surface area (Å²) in [5.74, 6) is 0.428. The normalized spacial score (nSPS) is 20.5. The summed E-state index contributed by atoms with van der Waals surface area (Å²) in [7, 11) is 0. The number of hydrogen-bond acceptors (Lipinski definition) is 3. The molecule has 20 heavy (non-hydrogen) atoms. The molecule has 112 valence electrons. The molecular formula is C15H25N3O2. The third-order valence-corrected chi connectivity index (χ3v) is 3.69. The third-order valence-electron chi connectivity index (χ3n) is 3.69. The average Bonchev–Trinajstić information content (AvgIpc) is 2.76. The van der Waals surface area contributed by atoms with E-state index in [1.807, 2.05) is 15.8 Å². The van der Waals surface area contributed by atoms with Gasteiger partial charge in [0.05, 0.1) is 6.10 Å². The SMILES string of the molecule is CC(C)C1CN(C(=O)c2ccn(C(C)C)n2)CCCO1. The van der Waals surface area contributed by atoms with Crippen molar-refractivity contribution in [3.8, 4) is 0 Å². The van der Waals surface area contributed by atoms with Crippen LogP contribution in [0.3, 0.4) is 0 Å². The number of carbonyl (C=O) groups excluding carboxylic acids is 1. The Morgan fingerprint density at radius 2 is 2.15 bits per heavy atom. The first kappa shape index (κ1) is 15.0. The Hall–Kier alpha value is -1.36. The largest absolute Gasteiger partial charge is 0.376 e. The Kier molecular flexibility index (Phi) is 4.81. The van der Waals surface area contributed by atoms with Crippen LogP contribution in [0, 0.1) is 5.92 Å². The fourth-order valence-electron chi connectivity index (χ4n) is 2.34. The second-order valence-corrected chi connectivity index (χ2v) is 6.03. The Bertz CT molecular complexity index is 454. The zero-order valence-electron chi connectivity index (χ0n) is 12.9. The minimum Gasteiger partial charge on any atom is -0.376 e. The summed E-state index contributed by atoms with van der Waals surface area (Å²) in [6.45, 7) is 10.5. The lowest BCUT2D eigenvalue weighted by Crippen LogP contribution is -2.39. The molecule has 0 N–H and O–H groups in total. The summed E-state index contributed by atoms with van der Waals surface area (Å²) in [6, 6.07) is 2.07. The summed E-state index contributed by atoms with van der Waals surface area (Å²) in [4.78, 5) is 14.4. The molecule has 1 aliphatic heterocycles. The molecule has 0 saturated carbocycles. The highest BCUT2D eigenvalue weighted by Gasteiger charge is 2.26. The lowest BCUT2D eigenvalue weighted by Gasteiger charge is -2.25. The lowest BCUT2D eigenvalue weighted by atomic mass is 10.1. The first-order chi connectivity index (χ1) is 9.49. The Balaban J connectivity index is 2.09. The molecule has 2 rings (SSSR count). The lowest BCUT2D eigenvalue weighted by molar-refractivity contribution is 0.0220. The van der Waals surface area contributed by atoms with E-state index in [9.17, 15) is 4.79 Å². The van der Waals surface area contributed by atoms with Gasteiger partial charge in [-0.3, -0.25) is 9.48 Å². The van der Waals surface area contributed by atoms with Gasteiger partial charge < -0.3 is 9.64 Å². The van der Waals surface area contributed by atoms with Crippen LogP contribution in [0.1, 0.15) is 50.6 Å². The maximum Gasteiger partial charge on any atom is 0.274 e. The van der Waals surface area contributed by atoms with Crippen LogP contribution >= 0.6 is 0 Å². The van der Waals surface area contributed by atoms with Gasteiger partial charge >= 0.3 is 0 Å². The molecule has 1 fully saturated rings. The van der Waals surface area contributed by atoms with E-state index in [0.29, 0.717) is 18.2 Å². The fourth-order valence-corrected chi connectivity index (χ4v) is 2.34. The van der Waals surface area contributed by atoms with Crippen molar-refractivity contribution in [2.45, 2.75) is 46.3 Å². The average molecular weight is 279 g/mol. The van der Waals surface area contributed by atoms with Crippen LogP contribution in [-0.2, 0) is 4.74 Å². The van der Waals surface area contributed by atoms with E-state index in [2.05, 4.69) is 32.8 Å². The van der Waals surface area contributed by atoms with Crippen molar-refractivity contribution < 1.29 is 9.53 Å². The quantitative estimate of drug-likeness (QED) is 0.853. The van der Waals surface area contributed by atoms with Crippen LogP contribution in [0.4, 0.5) is 0 Å². The topological polar surface area (TPSA) is 47.4 Å². The summed E-state index contributed by atoms with van der Waals surface area (Å²) in [5.41, 5.74) is 0.531. The van der Waals surface area contributed by atoms with Gasteiger partial charge in [-0.2, -0.15) is 5.10 Å². The molecule has 0 radical (unpaired) electrons. The van der Waals surface area contributed by atoms with Crippen molar-refractivity contribution in [3.63, 3.8) is 0 Å². The smallest absolute Gasteiger partial charge is 0.274 e. The molecule has 1 aromatic heterocycles. The molecule has 5 nitrogen and oxygen atoms in total. The number of amides is 1. The molecule has 1 amide bonds. The number of aromatic nitrogens is 2. The second kappa shape index (κ2) is 6.39. The van der Waals surface area contributed by atoms with Crippen molar-refractivity contribution in [1.82, 2.24) is 14.7 Å². The molecule has 1 saturated heterocycles. The van der Waals surface area contributed by atoms with E-state index in [-0.39, 0.29) is 18.1 Å². The molecule has 1 aliphatic rings. The predicted octanol–water partition coefficient (Wildman–Crippen LogP) is 2.35. The van der Waals surface area contributed by atoms with Crippen molar-refractivity contribution >= 4 is 5.91 Å². The van der Waals surface area contributed by atoms with Crippen LogP contribution in [-0.4, -0.2) is 46.4 Å². The minimum absolute atomic E-state index is 0.0144. The highest BCUT2D eigenvalue weighted by molar-refractivity contribution is 5.92. The molecule has 1 atom stereocenters. The maximum absolute atomic E-state index is 12.6. The van der Waals surface area contributed by atoms with E-state index in [1.54, 1.807) is 6.07 Å². The van der Waals surface area contributed by atoms with Crippen LogP contribution in [0.2, 0.25) is 0 Å². The first-order valence-electron chi connectivity index (χ1n) is 7.45. The van der Waals surface area contributed by atoms with Gasteiger partial charge in [0.15, 0.2) is 0 Å². The predicted molar refractivity (Wildman–Crippen MR) is 77.7 cm³/mol. The van der Waals surface area contributed by atoms with E-state index >= 15 is 0 Å². The Labute approximate surface area is 120 Å². The van der Waals surface area contributed by atoms with Gasteiger partial charge in [0.25, 0.3) is 5.91 Å². The molecule has 0 aliphatic carbocycles. The summed E-state index contributed by atoms with van der Waals surface area (Å²) in [6.07, 6.45) is 2.88. The van der Waals surface area contributed by atoms with Gasteiger partial charge in [-0.15, -0.1) is 0 Å². The number of nitrogens with zero attached hydrogens (tertiary/aromatic N) is 3. The number of hydrogen-bond donors (Lipinski definition) is 0. The standard InChI is InChI=1S/C15H25N3O2/c1-11(2)14-10-17(7-5-9-20-14)15(19)13-6-8-18(16-13)12(3)4/h6,8,11-12,14H,5,7,9-10H2,1-4H3. The van der Waals surface area contributed by atoms with Crippen molar-refractivity contribution in [2.75, 3.05) is 19.7 Å². The molecular weight excluding hydrogens is 254 g/mol. The van der Waals surface area contributed by atoms with Crippen LogP contribution in [0.15, 0.2) is 12.3 Å². The van der Waals surface area contributed by atoms with Crippen LogP contribution in [0.25, 0.3) is 0 Å². The van der Waals surface area contributed by atoms with E-state index < -0.39 is 0 Å². The van der Waals surface area contributed by atoms with Gasteiger partial charge in [0.1, 0.15) is 5.69 Å². The highest BCUT2D eigenvalue weighted by Crippen LogP contribution is 2.16. The van der Waals surface area contributed by atoms with Crippen molar-refractivity contribution in [3.05, 3.63) is 18.0 Å². The number of ether oxygens (including phenoxy) is 1. The van der Waals surface area contributed by atoms with Gasteiger partial charge in [-0.05, 0) is 32.3 Å². The highest BCUT2D eigenvalue weighted by atomic mass is 16.5. The fraction of sp³-hybridized carbons (Fsp3) is 0.733. The zero-order chi connectivity index (χ0) is 14.7. The van der Waals surface area contributed by atoms with Gasteiger partial charge in [-0.25, -0.2) is 0 Å². The molecule has 1 unspecified atom stereocenters. The van der Waals surface area contributed by atoms with Crippen molar-refractivity contribution in [1.29, 1.82) is 0 Å². The molecule has 0 bridgehead atoms. The molecule has 5 heteroatoms. The number of rotatable bonds is 3. The zero-order valence-corrected chi connectivity index (χ0v) is 12.9. The molecule has 2 heterocycles. The summed E-state index contributed by atoms with van der Waals surface area (Å²) >= 11 is 0. The third kappa shape index (κ3) is 3.39. The van der Waals surface area contributed by atoms with E-state index in [0.717, 1.165) is 19.6 Å². The van der Waals surface area contributed by atoms with E-state index in [1.165, 1.54) is 0 Å². The molecule has 1 aromatic rings. The number of carbonyl (C=O) groups is 1. The Morgan fingerprint density at radius 3 is 2.75 bits per heavy atom. The van der Waals surface area contributed by atoms with Gasteiger partial charge in [-0.1, -0.05) is 13.8 Å². The van der Waals surface area contributed by atoms with Gasteiger partial charge in [0.2, 0.25) is 0 Å². The van der Waals surface area contributed by atoms with Crippen molar-refractivity contribution in [2.24, 2.45) is 5.92 Å². The van der Waals surface area contributed by atoms with E-state index in [4.69, 9.17) is 4.74 Å². The summed E-state index contributed by atoms with van der Waals surface area (Å²) < 4.78 is 7.63. The monoisotopic (exact) mass is 279 g/mol. The van der Waals surface area contributed by atoms with Crippen LogP contribution in [0.5, 0.6) is 0 Å². The first-order valence-corrected chi connectivity index (χ1v) is 7.45. The molecule has 0 spiro atoms.